The van der Waals surface area contributed by atoms with E-state index >= 15 is 0 Å². The molecule has 0 aliphatic carbocycles. The van der Waals surface area contributed by atoms with Crippen molar-refractivity contribution < 1.29 is 14.3 Å². The average Bonchev–Trinajstić information content (AvgIpc) is 2.89. The summed E-state index contributed by atoms with van der Waals surface area (Å²) in [5, 5.41) is 8.67. The zero-order valence-corrected chi connectivity index (χ0v) is 20.9. The van der Waals surface area contributed by atoms with Gasteiger partial charge in [0.05, 0.1) is 24.6 Å². The maximum absolute atomic E-state index is 11.3. The molecule has 0 bridgehead atoms. The van der Waals surface area contributed by atoms with Gasteiger partial charge in [-0.15, -0.1) is 0 Å². The number of hydrogen-bond donors (Lipinski definition) is 0. The molecule has 0 fully saturated rings. The van der Waals surface area contributed by atoms with E-state index in [1.807, 2.05) is 61.5 Å². The number of unbranched alkanes of at least 4 members (excludes halogenated alkanes) is 3. The number of ether oxygens (including phenoxy) is 2. The normalized spacial score (nSPS) is 10.5. The third-order valence-electron chi connectivity index (χ3n) is 5.22. The highest BCUT2D eigenvalue weighted by molar-refractivity contribution is 5.86. The van der Waals surface area contributed by atoms with Crippen LogP contribution < -0.4 is 4.74 Å². The molecule has 6 heteroatoms. The number of aromatic nitrogens is 1. The Bertz CT molecular complexity index is 1240. The molecule has 0 atom stereocenters. The van der Waals surface area contributed by atoms with E-state index in [2.05, 4.69) is 33.6 Å². The lowest BCUT2D eigenvalue weighted by atomic mass is 10.1. The SMILES string of the molecule is C=C(C)C(=O)OCCCCCCOc1ccc(N=Nc2ccc(C#Cc3cccnc3)c(C)c2)cc1. The van der Waals surface area contributed by atoms with Gasteiger partial charge in [-0.3, -0.25) is 4.98 Å². The van der Waals surface area contributed by atoms with Crippen LogP contribution in [-0.2, 0) is 9.53 Å². The minimum Gasteiger partial charge on any atom is -0.494 e. The zero-order chi connectivity index (χ0) is 25.6. The minimum atomic E-state index is -0.322. The Morgan fingerprint density at radius 2 is 1.67 bits per heavy atom. The number of aryl methyl sites for hydroxylation is 1. The van der Waals surface area contributed by atoms with Gasteiger partial charge in [0.15, 0.2) is 0 Å². The van der Waals surface area contributed by atoms with Gasteiger partial charge in [0.2, 0.25) is 0 Å². The van der Waals surface area contributed by atoms with Crippen molar-refractivity contribution in [3.05, 3.63) is 95.8 Å². The number of benzene rings is 2. The molecule has 3 aromatic rings. The number of hydrogen-bond acceptors (Lipinski definition) is 6. The summed E-state index contributed by atoms with van der Waals surface area (Å²) >= 11 is 0. The molecule has 0 aliphatic heterocycles. The predicted molar refractivity (Wildman–Crippen MR) is 142 cm³/mol. The van der Waals surface area contributed by atoms with Crippen LogP contribution in [0.5, 0.6) is 5.75 Å². The van der Waals surface area contributed by atoms with E-state index in [1.165, 1.54) is 0 Å². The molecule has 184 valence electrons. The van der Waals surface area contributed by atoms with E-state index in [1.54, 1.807) is 19.3 Å². The summed E-state index contributed by atoms with van der Waals surface area (Å²) in [6.45, 7) is 8.30. The smallest absolute Gasteiger partial charge is 0.333 e. The van der Waals surface area contributed by atoms with Gasteiger partial charge >= 0.3 is 5.97 Å². The van der Waals surface area contributed by atoms with Crippen molar-refractivity contribution in [3.63, 3.8) is 0 Å². The van der Waals surface area contributed by atoms with Gasteiger partial charge in [0.25, 0.3) is 0 Å². The first-order valence-corrected chi connectivity index (χ1v) is 12.0. The summed E-state index contributed by atoms with van der Waals surface area (Å²) in [5.74, 6) is 6.78. The molecule has 6 nitrogen and oxygen atoms in total. The van der Waals surface area contributed by atoms with E-state index in [-0.39, 0.29) is 5.97 Å². The number of carbonyl (C=O) groups excluding carboxylic acids is 1. The Morgan fingerprint density at radius 1 is 0.944 bits per heavy atom. The molecule has 1 aromatic heterocycles. The molecule has 0 spiro atoms. The quantitative estimate of drug-likeness (QED) is 0.0949. The van der Waals surface area contributed by atoms with Gasteiger partial charge in [-0.25, -0.2) is 4.79 Å². The number of esters is 1. The lowest BCUT2D eigenvalue weighted by Gasteiger charge is -2.07. The van der Waals surface area contributed by atoms with Crippen LogP contribution in [0.4, 0.5) is 11.4 Å². The highest BCUT2D eigenvalue weighted by atomic mass is 16.5. The van der Waals surface area contributed by atoms with Crippen LogP contribution in [0.15, 0.2) is 89.4 Å². The molecule has 0 aliphatic rings. The van der Waals surface area contributed by atoms with Crippen molar-refractivity contribution in [1.29, 1.82) is 0 Å². The third kappa shape index (κ3) is 9.19. The molecular formula is C30H31N3O3. The predicted octanol–water partition coefficient (Wildman–Crippen LogP) is 7.26. The van der Waals surface area contributed by atoms with Crippen molar-refractivity contribution in [1.82, 2.24) is 4.98 Å². The average molecular weight is 482 g/mol. The molecule has 0 unspecified atom stereocenters. The van der Waals surface area contributed by atoms with Crippen LogP contribution in [-0.4, -0.2) is 24.2 Å². The fraction of sp³-hybridized carbons (Fsp3) is 0.267. The van der Waals surface area contributed by atoms with E-state index in [0.717, 1.165) is 59.5 Å². The van der Waals surface area contributed by atoms with Gasteiger partial charge < -0.3 is 9.47 Å². The Labute approximate surface area is 213 Å². The van der Waals surface area contributed by atoms with Crippen molar-refractivity contribution >= 4 is 17.3 Å². The molecular weight excluding hydrogens is 450 g/mol. The first-order valence-electron chi connectivity index (χ1n) is 12.0. The standard InChI is InChI=1S/C30H31N3O3/c1-23(2)30(34)36-20-7-5-4-6-19-35-29-16-14-27(15-17-29)32-33-28-13-12-26(24(3)21-28)11-10-25-9-8-18-31-22-25/h8-9,12-18,21-22H,1,4-7,19-20H2,2-3H3. The van der Waals surface area contributed by atoms with Gasteiger partial charge in [-0.2, -0.15) is 10.2 Å². The van der Waals surface area contributed by atoms with Gasteiger partial charge in [0, 0.05) is 29.1 Å². The summed E-state index contributed by atoms with van der Waals surface area (Å²) in [4.78, 5) is 15.4. The summed E-state index contributed by atoms with van der Waals surface area (Å²) < 4.78 is 10.9. The molecule has 0 N–H and O–H groups in total. The second-order valence-corrected chi connectivity index (χ2v) is 8.36. The zero-order valence-electron chi connectivity index (χ0n) is 20.9. The largest absolute Gasteiger partial charge is 0.494 e. The molecule has 0 radical (unpaired) electrons. The lowest BCUT2D eigenvalue weighted by molar-refractivity contribution is -0.139. The van der Waals surface area contributed by atoms with E-state index in [4.69, 9.17) is 9.47 Å². The molecule has 0 saturated heterocycles. The number of pyridine rings is 1. The fourth-order valence-corrected chi connectivity index (χ4v) is 3.19. The Balaban J connectivity index is 1.39. The Morgan fingerprint density at radius 3 is 2.36 bits per heavy atom. The Kier molecular flexibility index (Phi) is 10.4. The van der Waals surface area contributed by atoms with Crippen LogP contribution in [0.2, 0.25) is 0 Å². The second kappa shape index (κ2) is 14.2. The van der Waals surface area contributed by atoms with E-state index < -0.39 is 0 Å². The maximum Gasteiger partial charge on any atom is 0.333 e. The molecule has 1 heterocycles. The Hall–Kier alpha value is -4.24. The summed E-state index contributed by atoms with van der Waals surface area (Å²) in [6.07, 6.45) is 7.28. The maximum atomic E-state index is 11.3. The van der Waals surface area contributed by atoms with Crippen molar-refractivity contribution in [2.24, 2.45) is 10.2 Å². The highest BCUT2D eigenvalue weighted by Crippen LogP contribution is 2.23. The van der Waals surface area contributed by atoms with Crippen molar-refractivity contribution in [3.8, 4) is 17.6 Å². The highest BCUT2D eigenvalue weighted by Gasteiger charge is 2.02. The van der Waals surface area contributed by atoms with Crippen LogP contribution in [0.3, 0.4) is 0 Å². The molecule has 0 amide bonds. The first kappa shape index (κ1) is 26.4. The number of nitrogens with zero attached hydrogens (tertiary/aromatic N) is 3. The number of azo groups is 1. The molecule has 3 rings (SSSR count). The van der Waals surface area contributed by atoms with Crippen molar-refractivity contribution in [2.45, 2.75) is 39.5 Å². The van der Waals surface area contributed by atoms with E-state index in [0.29, 0.717) is 18.8 Å². The van der Waals surface area contributed by atoms with Crippen LogP contribution in [0.25, 0.3) is 0 Å². The molecule has 2 aromatic carbocycles. The van der Waals surface area contributed by atoms with Gasteiger partial charge in [-0.05, 0) is 99.7 Å². The van der Waals surface area contributed by atoms with Crippen LogP contribution >= 0.6 is 0 Å². The summed E-state index contributed by atoms with van der Waals surface area (Å²) in [7, 11) is 0. The van der Waals surface area contributed by atoms with Crippen molar-refractivity contribution in [2.75, 3.05) is 13.2 Å². The van der Waals surface area contributed by atoms with E-state index in [9.17, 15) is 4.79 Å². The fourth-order valence-electron chi connectivity index (χ4n) is 3.19. The lowest BCUT2D eigenvalue weighted by Crippen LogP contribution is -2.06. The summed E-state index contributed by atoms with van der Waals surface area (Å²) in [6, 6.07) is 17.2. The first-order chi connectivity index (χ1) is 17.5. The van der Waals surface area contributed by atoms with Gasteiger partial charge in [-0.1, -0.05) is 18.4 Å². The molecule has 36 heavy (non-hydrogen) atoms. The number of carbonyl (C=O) groups is 1. The molecule has 0 saturated carbocycles. The number of rotatable bonds is 11. The van der Waals surface area contributed by atoms with Gasteiger partial charge in [0.1, 0.15) is 5.75 Å². The second-order valence-electron chi connectivity index (χ2n) is 8.36. The van der Waals surface area contributed by atoms with Crippen LogP contribution in [0, 0.1) is 18.8 Å². The monoisotopic (exact) mass is 481 g/mol. The third-order valence-corrected chi connectivity index (χ3v) is 5.22. The topological polar surface area (TPSA) is 73.1 Å². The van der Waals surface area contributed by atoms with Crippen LogP contribution in [0.1, 0.15) is 49.3 Å². The minimum absolute atomic E-state index is 0.322. The summed E-state index contributed by atoms with van der Waals surface area (Å²) in [5.41, 5.74) is 4.83.